The van der Waals surface area contributed by atoms with Crippen molar-refractivity contribution < 1.29 is 4.79 Å². The fraction of sp³-hybridized carbons (Fsp3) is 0.500. The molecule has 1 amide bonds. The average molecular weight is 266 g/mol. The summed E-state index contributed by atoms with van der Waals surface area (Å²) >= 11 is 13.0. The molecule has 0 atom stereocenters. The minimum absolute atomic E-state index is 0.114. The smallest absolute Gasteiger partial charge is 0.261 e. The second-order valence-electron chi connectivity index (χ2n) is 3.69. The summed E-state index contributed by atoms with van der Waals surface area (Å²) in [6, 6.07) is 3.72. The number of hydrogen-bond acceptors (Lipinski definition) is 2. The molecule has 0 radical (unpaired) electrons. The second-order valence-corrected chi connectivity index (χ2v) is 5.51. The van der Waals surface area contributed by atoms with Crippen LogP contribution in [0.25, 0.3) is 0 Å². The van der Waals surface area contributed by atoms with Gasteiger partial charge in [0.15, 0.2) is 0 Å². The lowest BCUT2D eigenvalue weighted by atomic mass is 10.1. The Morgan fingerprint density at radius 2 is 2.07 bits per heavy atom. The van der Waals surface area contributed by atoms with Crippen molar-refractivity contribution in [3.8, 4) is 0 Å². The number of halogens is 2. The molecule has 1 aromatic rings. The summed E-state index contributed by atoms with van der Waals surface area (Å²) in [6.07, 6.45) is 0. The lowest BCUT2D eigenvalue weighted by Gasteiger charge is -2.25. The van der Waals surface area contributed by atoms with Gasteiger partial charge in [0, 0.05) is 16.6 Å². The van der Waals surface area contributed by atoms with E-state index in [2.05, 4.69) is 5.32 Å². The predicted octanol–water partition coefficient (Wildman–Crippen LogP) is 3.02. The second kappa shape index (κ2) is 5.19. The summed E-state index contributed by atoms with van der Waals surface area (Å²) in [7, 11) is 0. The number of hydrogen-bond donors (Lipinski definition) is 1. The van der Waals surface area contributed by atoms with E-state index in [0.717, 1.165) is 4.88 Å². The van der Waals surface area contributed by atoms with Gasteiger partial charge in [0.1, 0.15) is 0 Å². The number of aryl methyl sites for hydroxylation is 1. The zero-order valence-electron chi connectivity index (χ0n) is 8.64. The average Bonchev–Trinajstić information content (AvgIpc) is 2.65. The van der Waals surface area contributed by atoms with Gasteiger partial charge in [0.2, 0.25) is 0 Å². The maximum atomic E-state index is 11.8. The van der Waals surface area contributed by atoms with Crippen LogP contribution in [0.2, 0.25) is 0 Å². The minimum atomic E-state index is -0.544. The van der Waals surface area contributed by atoms with Crippen LogP contribution in [0, 0.1) is 6.92 Å². The summed E-state index contributed by atoms with van der Waals surface area (Å²) in [5.74, 6) is 0.482. The van der Waals surface area contributed by atoms with Gasteiger partial charge in [-0.25, -0.2) is 0 Å². The van der Waals surface area contributed by atoms with Crippen molar-refractivity contribution in [2.45, 2.75) is 19.4 Å². The molecule has 0 unspecified atom stereocenters. The first kappa shape index (κ1) is 12.8. The van der Waals surface area contributed by atoms with Gasteiger partial charge in [-0.3, -0.25) is 4.79 Å². The van der Waals surface area contributed by atoms with Gasteiger partial charge in [-0.05, 0) is 26.0 Å². The van der Waals surface area contributed by atoms with Gasteiger partial charge >= 0.3 is 0 Å². The minimum Gasteiger partial charge on any atom is -0.344 e. The fourth-order valence-electron chi connectivity index (χ4n) is 0.995. The van der Waals surface area contributed by atoms with Gasteiger partial charge in [0.05, 0.1) is 10.4 Å². The van der Waals surface area contributed by atoms with Crippen LogP contribution in [0.3, 0.4) is 0 Å². The Morgan fingerprint density at radius 3 is 2.47 bits per heavy atom. The van der Waals surface area contributed by atoms with Gasteiger partial charge in [-0.15, -0.1) is 34.5 Å². The topological polar surface area (TPSA) is 29.1 Å². The van der Waals surface area contributed by atoms with E-state index in [-0.39, 0.29) is 5.91 Å². The Labute approximate surface area is 104 Å². The highest BCUT2D eigenvalue weighted by Gasteiger charge is 2.25. The first-order valence-corrected chi connectivity index (χ1v) is 6.40. The number of carbonyl (C=O) groups is 1. The van der Waals surface area contributed by atoms with Gasteiger partial charge in [-0.1, -0.05) is 0 Å². The van der Waals surface area contributed by atoms with Crippen LogP contribution in [0.15, 0.2) is 12.1 Å². The molecule has 1 heterocycles. The van der Waals surface area contributed by atoms with Crippen molar-refractivity contribution in [1.82, 2.24) is 5.32 Å². The third-order valence-corrected chi connectivity index (χ3v) is 4.15. The highest BCUT2D eigenvalue weighted by atomic mass is 35.5. The van der Waals surface area contributed by atoms with Crippen molar-refractivity contribution in [1.29, 1.82) is 0 Å². The van der Waals surface area contributed by atoms with Crippen LogP contribution in [0.5, 0.6) is 0 Å². The van der Waals surface area contributed by atoms with Crippen LogP contribution >= 0.6 is 34.5 Å². The Hall–Kier alpha value is -0.250. The molecule has 84 valence electrons. The molecule has 0 bridgehead atoms. The molecule has 0 aliphatic carbocycles. The highest BCUT2D eigenvalue weighted by Crippen LogP contribution is 2.17. The molecule has 0 saturated carbocycles. The molecule has 2 nitrogen and oxygen atoms in total. The zero-order chi connectivity index (χ0) is 11.5. The van der Waals surface area contributed by atoms with Crippen LogP contribution < -0.4 is 5.32 Å². The molecule has 1 N–H and O–H groups in total. The van der Waals surface area contributed by atoms with E-state index in [0.29, 0.717) is 16.6 Å². The molecule has 0 saturated heterocycles. The molecule has 5 heteroatoms. The van der Waals surface area contributed by atoms with E-state index in [9.17, 15) is 4.79 Å². The monoisotopic (exact) mass is 265 g/mol. The lowest BCUT2D eigenvalue weighted by Crippen LogP contribution is -2.49. The SMILES string of the molecule is Cc1ccc(C(=O)NC(C)(CCl)CCl)s1. The molecule has 1 aromatic heterocycles. The summed E-state index contributed by atoms with van der Waals surface area (Å²) in [4.78, 5) is 13.6. The number of carbonyl (C=O) groups excluding carboxylic acids is 1. The number of alkyl halides is 2. The van der Waals surface area contributed by atoms with E-state index in [1.807, 2.05) is 19.9 Å². The number of amides is 1. The van der Waals surface area contributed by atoms with Crippen molar-refractivity contribution in [3.63, 3.8) is 0 Å². The maximum absolute atomic E-state index is 11.8. The van der Waals surface area contributed by atoms with Crippen LogP contribution in [-0.2, 0) is 0 Å². The highest BCUT2D eigenvalue weighted by molar-refractivity contribution is 7.13. The third kappa shape index (κ3) is 3.37. The van der Waals surface area contributed by atoms with Crippen LogP contribution in [-0.4, -0.2) is 23.2 Å². The van der Waals surface area contributed by atoms with E-state index >= 15 is 0 Å². The predicted molar refractivity (Wildman–Crippen MR) is 66.4 cm³/mol. The Kier molecular flexibility index (Phi) is 4.44. The zero-order valence-corrected chi connectivity index (χ0v) is 11.0. The summed E-state index contributed by atoms with van der Waals surface area (Å²) in [6.45, 7) is 3.79. The quantitative estimate of drug-likeness (QED) is 0.834. The Morgan fingerprint density at radius 1 is 1.47 bits per heavy atom. The fourth-order valence-corrected chi connectivity index (χ4v) is 2.18. The van der Waals surface area contributed by atoms with Gasteiger partial charge < -0.3 is 5.32 Å². The van der Waals surface area contributed by atoms with Crippen LogP contribution in [0.4, 0.5) is 0 Å². The largest absolute Gasteiger partial charge is 0.344 e. The molecule has 0 aromatic carbocycles. The van der Waals surface area contributed by atoms with E-state index < -0.39 is 5.54 Å². The van der Waals surface area contributed by atoms with Crippen molar-refractivity contribution in [3.05, 3.63) is 21.9 Å². The summed E-state index contributed by atoms with van der Waals surface area (Å²) in [5, 5.41) is 2.83. The number of thiophene rings is 1. The normalized spacial score (nSPS) is 11.5. The molecule has 0 aliphatic rings. The van der Waals surface area contributed by atoms with E-state index in [4.69, 9.17) is 23.2 Å². The van der Waals surface area contributed by atoms with Gasteiger partial charge in [-0.2, -0.15) is 0 Å². The molecular formula is C10H13Cl2NOS. The number of nitrogens with one attached hydrogen (secondary N) is 1. The molecule has 15 heavy (non-hydrogen) atoms. The van der Waals surface area contributed by atoms with Crippen LogP contribution in [0.1, 0.15) is 21.5 Å². The molecular weight excluding hydrogens is 253 g/mol. The first-order valence-electron chi connectivity index (χ1n) is 4.51. The van der Waals surface area contributed by atoms with Crippen molar-refractivity contribution in [2.24, 2.45) is 0 Å². The van der Waals surface area contributed by atoms with Crippen molar-refractivity contribution in [2.75, 3.05) is 11.8 Å². The molecule has 1 rings (SSSR count). The van der Waals surface area contributed by atoms with E-state index in [1.54, 1.807) is 6.07 Å². The molecule has 0 aliphatic heterocycles. The first-order chi connectivity index (χ1) is 7.00. The third-order valence-electron chi connectivity index (χ3n) is 1.97. The Balaban J connectivity index is 2.71. The van der Waals surface area contributed by atoms with E-state index in [1.165, 1.54) is 11.3 Å². The standard InChI is InChI=1S/C10H13Cl2NOS/c1-7-3-4-8(15-7)9(14)13-10(2,5-11)6-12/h3-4H,5-6H2,1-2H3,(H,13,14). The van der Waals surface area contributed by atoms with Gasteiger partial charge in [0.25, 0.3) is 5.91 Å². The summed E-state index contributed by atoms with van der Waals surface area (Å²) < 4.78 is 0. The molecule has 0 fully saturated rings. The Bertz CT molecular complexity index is 347. The van der Waals surface area contributed by atoms with Crippen molar-refractivity contribution >= 4 is 40.4 Å². The summed E-state index contributed by atoms with van der Waals surface area (Å²) in [5.41, 5.74) is -0.544. The maximum Gasteiger partial charge on any atom is 0.261 e. The molecule has 0 spiro atoms. The lowest BCUT2D eigenvalue weighted by molar-refractivity contribution is 0.0925. The number of rotatable bonds is 4.